The van der Waals surface area contributed by atoms with Crippen LogP contribution in [-0.2, 0) is 11.8 Å². The van der Waals surface area contributed by atoms with Crippen molar-refractivity contribution >= 4 is 11.6 Å². The van der Waals surface area contributed by atoms with E-state index in [1.807, 2.05) is 43.7 Å². The lowest BCUT2D eigenvalue weighted by molar-refractivity contribution is -0.119. The first-order valence-corrected chi connectivity index (χ1v) is 8.92. The van der Waals surface area contributed by atoms with Crippen LogP contribution in [0.5, 0.6) is 5.75 Å². The molecule has 6 heteroatoms. The number of nitrogens with zero attached hydrogens (tertiary/aromatic N) is 2. The number of carbonyl (C=O) groups excluding carboxylic acids is 1. The first-order chi connectivity index (χ1) is 12.2. The van der Waals surface area contributed by atoms with Crippen LogP contribution < -0.4 is 15.4 Å². The fraction of sp³-hybridized carbons (Fsp3) is 0.474. The van der Waals surface area contributed by atoms with Crippen molar-refractivity contribution in [3.63, 3.8) is 0 Å². The number of benzene rings is 1. The highest BCUT2D eigenvalue weighted by Gasteiger charge is 2.35. The van der Waals surface area contributed by atoms with Gasteiger partial charge < -0.3 is 15.4 Å². The van der Waals surface area contributed by atoms with E-state index in [0.717, 1.165) is 30.2 Å². The normalized spacial score (nSPS) is 22.8. The zero-order valence-corrected chi connectivity index (χ0v) is 14.4. The number of rotatable bonds is 6. The summed E-state index contributed by atoms with van der Waals surface area (Å²) >= 11 is 0. The summed E-state index contributed by atoms with van der Waals surface area (Å²) in [5, 5.41) is 10.6. The summed E-state index contributed by atoms with van der Waals surface area (Å²) in [5.41, 5.74) is 1.86. The maximum atomic E-state index is 12.9. The van der Waals surface area contributed by atoms with E-state index in [9.17, 15) is 4.79 Å². The zero-order chi connectivity index (χ0) is 17.2. The Labute approximate surface area is 147 Å². The number of hydrogen-bond acceptors (Lipinski definition) is 4. The second kappa shape index (κ2) is 6.88. The minimum absolute atomic E-state index is 0.0290. The third-order valence-corrected chi connectivity index (χ3v) is 5.02. The van der Waals surface area contributed by atoms with Gasteiger partial charge in [-0.2, -0.15) is 5.10 Å². The average Bonchev–Trinajstić information content (AvgIpc) is 3.13. The molecule has 2 heterocycles. The molecule has 2 fully saturated rings. The van der Waals surface area contributed by atoms with Crippen molar-refractivity contribution in [2.24, 2.45) is 18.9 Å². The first kappa shape index (κ1) is 16.1. The van der Waals surface area contributed by atoms with Crippen molar-refractivity contribution in [2.75, 3.05) is 25.0 Å². The number of ether oxygens (including phenoxy) is 1. The lowest BCUT2D eigenvalue weighted by Gasteiger charge is -2.18. The van der Waals surface area contributed by atoms with E-state index in [1.165, 1.54) is 12.8 Å². The highest BCUT2D eigenvalue weighted by Crippen LogP contribution is 2.33. The van der Waals surface area contributed by atoms with Crippen LogP contribution in [0.2, 0.25) is 0 Å². The number of amides is 1. The van der Waals surface area contributed by atoms with Gasteiger partial charge in [-0.3, -0.25) is 9.48 Å². The van der Waals surface area contributed by atoms with Gasteiger partial charge in [0.25, 0.3) is 0 Å². The molecule has 1 saturated heterocycles. The molecule has 1 aromatic carbocycles. The second-order valence-corrected chi connectivity index (χ2v) is 7.06. The molecule has 0 radical (unpaired) electrons. The molecule has 0 unspecified atom stereocenters. The summed E-state index contributed by atoms with van der Waals surface area (Å²) in [6.07, 6.45) is 6.33. The smallest absolute Gasteiger partial charge is 0.229 e. The Bertz CT molecular complexity index is 753. The quantitative estimate of drug-likeness (QED) is 0.845. The predicted octanol–water partition coefficient (Wildman–Crippen LogP) is 2.15. The van der Waals surface area contributed by atoms with Gasteiger partial charge in [-0.15, -0.1) is 0 Å². The maximum Gasteiger partial charge on any atom is 0.229 e. The van der Waals surface area contributed by atoms with Crippen LogP contribution in [0.25, 0.3) is 0 Å². The zero-order valence-electron chi connectivity index (χ0n) is 14.4. The van der Waals surface area contributed by atoms with Gasteiger partial charge in [0.05, 0.1) is 24.4 Å². The fourth-order valence-corrected chi connectivity index (χ4v) is 3.35. The van der Waals surface area contributed by atoms with E-state index in [1.54, 1.807) is 4.68 Å². The van der Waals surface area contributed by atoms with Crippen LogP contribution in [0.4, 0.5) is 5.69 Å². The van der Waals surface area contributed by atoms with Crippen molar-refractivity contribution in [3.8, 4) is 5.75 Å². The maximum absolute atomic E-state index is 12.9. The van der Waals surface area contributed by atoms with Crippen molar-refractivity contribution in [1.29, 1.82) is 0 Å². The molecule has 2 N–H and O–H groups in total. The van der Waals surface area contributed by atoms with Gasteiger partial charge in [-0.1, -0.05) is 12.1 Å². The molecule has 4 rings (SSSR count). The number of nitrogens with one attached hydrogen (secondary N) is 2. The molecule has 2 aromatic rings. The van der Waals surface area contributed by atoms with Gasteiger partial charge in [0, 0.05) is 32.3 Å². The standard InChI is InChI=1S/C19H24N4O2/c1-23-11-14(8-21-23)15-9-20-10-16(15)19(24)22-17-4-2-3-5-18(17)25-12-13-6-7-13/h2-5,8,11,13,15-16,20H,6-7,9-10,12H2,1H3,(H,22,24)/t15-,16+/m1/s1. The number of aryl methyl sites for hydroxylation is 1. The SMILES string of the molecule is Cn1cc([C@H]2CNC[C@@H]2C(=O)Nc2ccccc2OCC2CC2)cn1. The van der Waals surface area contributed by atoms with Crippen molar-refractivity contribution in [2.45, 2.75) is 18.8 Å². The topological polar surface area (TPSA) is 68.2 Å². The third kappa shape index (κ3) is 3.69. The molecule has 0 bridgehead atoms. The average molecular weight is 340 g/mol. The summed E-state index contributed by atoms with van der Waals surface area (Å²) in [6.45, 7) is 2.20. The molecule has 1 aromatic heterocycles. The minimum Gasteiger partial charge on any atom is -0.491 e. The van der Waals surface area contributed by atoms with E-state index in [-0.39, 0.29) is 17.7 Å². The van der Waals surface area contributed by atoms with E-state index in [0.29, 0.717) is 12.5 Å². The van der Waals surface area contributed by atoms with E-state index < -0.39 is 0 Å². The molecule has 25 heavy (non-hydrogen) atoms. The molecule has 1 aliphatic heterocycles. The minimum atomic E-state index is -0.110. The molecule has 0 spiro atoms. The summed E-state index contributed by atoms with van der Waals surface area (Å²) in [7, 11) is 1.90. The van der Waals surface area contributed by atoms with Crippen molar-refractivity contribution in [3.05, 3.63) is 42.2 Å². The van der Waals surface area contributed by atoms with Crippen LogP contribution in [0, 0.1) is 11.8 Å². The van der Waals surface area contributed by atoms with Gasteiger partial charge >= 0.3 is 0 Å². The molecule has 2 atom stereocenters. The van der Waals surface area contributed by atoms with E-state index >= 15 is 0 Å². The Morgan fingerprint density at radius 3 is 2.96 bits per heavy atom. The van der Waals surface area contributed by atoms with E-state index in [2.05, 4.69) is 15.7 Å². The van der Waals surface area contributed by atoms with E-state index in [4.69, 9.17) is 4.74 Å². The Morgan fingerprint density at radius 2 is 2.20 bits per heavy atom. The lowest BCUT2D eigenvalue weighted by atomic mass is 9.90. The molecule has 1 aliphatic carbocycles. The Balaban J connectivity index is 1.46. The first-order valence-electron chi connectivity index (χ1n) is 8.92. The molecule has 1 amide bonds. The van der Waals surface area contributed by atoms with Crippen LogP contribution in [-0.4, -0.2) is 35.4 Å². The summed E-state index contributed by atoms with van der Waals surface area (Å²) in [5.74, 6) is 1.50. The number of hydrogen-bond donors (Lipinski definition) is 2. The fourth-order valence-electron chi connectivity index (χ4n) is 3.35. The lowest BCUT2D eigenvalue weighted by Crippen LogP contribution is -2.28. The summed E-state index contributed by atoms with van der Waals surface area (Å²) in [6, 6.07) is 7.68. The highest BCUT2D eigenvalue weighted by molar-refractivity contribution is 5.95. The molecule has 132 valence electrons. The number of anilines is 1. The van der Waals surface area contributed by atoms with Crippen LogP contribution in [0.15, 0.2) is 36.7 Å². The van der Waals surface area contributed by atoms with Gasteiger partial charge in [0.15, 0.2) is 0 Å². The number of para-hydroxylation sites is 2. The molecule has 1 saturated carbocycles. The number of aromatic nitrogens is 2. The second-order valence-electron chi connectivity index (χ2n) is 7.06. The van der Waals surface area contributed by atoms with Gasteiger partial charge in [0.1, 0.15) is 5.75 Å². The summed E-state index contributed by atoms with van der Waals surface area (Å²) in [4.78, 5) is 12.9. The van der Waals surface area contributed by atoms with Crippen molar-refractivity contribution in [1.82, 2.24) is 15.1 Å². The molecular weight excluding hydrogens is 316 g/mol. The highest BCUT2D eigenvalue weighted by atomic mass is 16.5. The van der Waals surface area contributed by atoms with Gasteiger partial charge in [-0.05, 0) is 36.5 Å². The molecule has 2 aliphatic rings. The molecular formula is C19H24N4O2. The summed E-state index contributed by atoms with van der Waals surface area (Å²) < 4.78 is 7.68. The third-order valence-electron chi connectivity index (χ3n) is 5.02. The molecule has 6 nitrogen and oxygen atoms in total. The Morgan fingerprint density at radius 1 is 1.36 bits per heavy atom. The Kier molecular flexibility index (Phi) is 4.44. The van der Waals surface area contributed by atoms with Crippen molar-refractivity contribution < 1.29 is 9.53 Å². The van der Waals surface area contributed by atoms with Crippen LogP contribution >= 0.6 is 0 Å². The monoisotopic (exact) mass is 340 g/mol. The van der Waals surface area contributed by atoms with Crippen LogP contribution in [0.1, 0.15) is 24.3 Å². The largest absolute Gasteiger partial charge is 0.491 e. The number of carbonyl (C=O) groups is 1. The van der Waals surface area contributed by atoms with Gasteiger partial charge in [0.2, 0.25) is 5.91 Å². The Hall–Kier alpha value is -2.34. The predicted molar refractivity (Wildman–Crippen MR) is 95.6 cm³/mol. The van der Waals surface area contributed by atoms with Gasteiger partial charge in [-0.25, -0.2) is 0 Å². The van der Waals surface area contributed by atoms with Crippen LogP contribution in [0.3, 0.4) is 0 Å².